The standard InChI is InChI=1S/C16H16N2S/c1-17-15(11-12-5-8-18-9-6-12)14-4-2-3-13-7-10-19-16(13)14/h2-10,15,17H,11H2,1H3. The van der Waals surface area contributed by atoms with E-state index in [1.165, 1.54) is 21.2 Å². The second kappa shape index (κ2) is 5.51. The highest BCUT2D eigenvalue weighted by Gasteiger charge is 2.13. The van der Waals surface area contributed by atoms with E-state index < -0.39 is 0 Å². The number of hydrogen-bond donors (Lipinski definition) is 1. The number of nitrogens with zero attached hydrogens (tertiary/aromatic N) is 1. The lowest BCUT2D eigenvalue weighted by Crippen LogP contribution is -2.18. The van der Waals surface area contributed by atoms with Crippen molar-refractivity contribution >= 4 is 21.4 Å². The lowest BCUT2D eigenvalue weighted by molar-refractivity contribution is 0.596. The summed E-state index contributed by atoms with van der Waals surface area (Å²) in [4.78, 5) is 4.07. The highest BCUT2D eigenvalue weighted by molar-refractivity contribution is 7.17. The van der Waals surface area contributed by atoms with Gasteiger partial charge in [0.1, 0.15) is 0 Å². The number of pyridine rings is 1. The van der Waals surface area contributed by atoms with E-state index in [4.69, 9.17) is 0 Å². The SMILES string of the molecule is CNC(Cc1ccncc1)c1cccc2ccsc12. The number of likely N-dealkylation sites (N-methyl/N-ethyl adjacent to an activating group) is 1. The van der Waals surface area contributed by atoms with E-state index in [0.717, 1.165) is 6.42 Å². The van der Waals surface area contributed by atoms with E-state index in [2.05, 4.69) is 52.1 Å². The Morgan fingerprint density at radius 1 is 1.16 bits per heavy atom. The predicted octanol–water partition coefficient (Wildman–Crippen LogP) is 3.80. The van der Waals surface area contributed by atoms with Crippen LogP contribution < -0.4 is 5.32 Å². The van der Waals surface area contributed by atoms with E-state index in [1.807, 2.05) is 30.8 Å². The molecule has 0 aliphatic heterocycles. The summed E-state index contributed by atoms with van der Waals surface area (Å²) in [5.41, 5.74) is 2.69. The van der Waals surface area contributed by atoms with Crippen molar-refractivity contribution < 1.29 is 0 Å². The molecule has 3 heteroatoms. The molecule has 2 aromatic heterocycles. The molecule has 3 aromatic rings. The lowest BCUT2D eigenvalue weighted by Gasteiger charge is -2.17. The zero-order chi connectivity index (χ0) is 13.1. The minimum absolute atomic E-state index is 0.338. The van der Waals surface area contributed by atoms with Crippen LogP contribution >= 0.6 is 11.3 Å². The van der Waals surface area contributed by atoms with Gasteiger partial charge in [-0.2, -0.15) is 0 Å². The number of benzene rings is 1. The Morgan fingerprint density at radius 3 is 2.79 bits per heavy atom. The normalized spacial score (nSPS) is 12.7. The van der Waals surface area contributed by atoms with Gasteiger partial charge in [-0.3, -0.25) is 4.98 Å². The molecule has 1 unspecified atom stereocenters. The van der Waals surface area contributed by atoms with Crippen molar-refractivity contribution in [2.24, 2.45) is 0 Å². The Balaban J connectivity index is 1.96. The minimum Gasteiger partial charge on any atom is -0.313 e. The molecule has 0 fully saturated rings. The van der Waals surface area contributed by atoms with Crippen LogP contribution in [0.2, 0.25) is 0 Å². The van der Waals surface area contributed by atoms with Gasteiger partial charge < -0.3 is 5.32 Å². The summed E-state index contributed by atoms with van der Waals surface area (Å²) in [6.45, 7) is 0. The molecule has 0 aliphatic rings. The molecule has 0 amide bonds. The first kappa shape index (κ1) is 12.3. The first-order valence-corrected chi connectivity index (χ1v) is 7.29. The van der Waals surface area contributed by atoms with Crippen LogP contribution in [0.25, 0.3) is 10.1 Å². The number of aromatic nitrogens is 1. The van der Waals surface area contributed by atoms with Crippen molar-refractivity contribution in [1.82, 2.24) is 10.3 Å². The van der Waals surface area contributed by atoms with Crippen molar-refractivity contribution in [3.05, 3.63) is 65.3 Å². The summed E-state index contributed by atoms with van der Waals surface area (Å²) < 4.78 is 1.39. The third-order valence-electron chi connectivity index (χ3n) is 3.42. The topological polar surface area (TPSA) is 24.9 Å². The predicted molar refractivity (Wildman–Crippen MR) is 81.6 cm³/mol. The molecule has 1 N–H and O–H groups in total. The van der Waals surface area contributed by atoms with Crippen LogP contribution in [-0.2, 0) is 6.42 Å². The first-order chi connectivity index (χ1) is 9.38. The Labute approximate surface area is 117 Å². The maximum atomic E-state index is 4.07. The minimum atomic E-state index is 0.338. The summed E-state index contributed by atoms with van der Waals surface area (Å²) in [5, 5.41) is 6.93. The number of hydrogen-bond acceptors (Lipinski definition) is 3. The van der Waals surface area contributed by atoms with Crippen molar-refractivity contribution in [1.29, 1.82) is 0 Å². The summed E-state index contributed by atoms with van der Waals surface area (Å²) in [6, 6.07) is 13.2. The molecular weight excluding hydrogens is 252 g/mol. The Bertz CT molecular complexity index is 661. The van der Waals surface area contributed by atoms with Gasteiger partial charge in [-0.1, -0.05) is 18.2 Å². The van der Waals surface area contributed by atoms with Gasteiger partial charge in [0.25, 0.3) is 0 Å². The van der Waals surface area contributed by atoms with Gasteiger partial charge in [-0.15, -0.1) is 11.3 Å². The summed E-state index contributed by atoms with van der Waals surface area (Å²) >= 11 is 1.82. The number of rotatable bonds is 4. The lowest BCUT2D eigenvalue weighted by atomic mass is 9.99. The third-order valence-corrected chi connectivity index (χ3v) is 4.40. The number of thiophene rings is 1. The quantitative estimate of drug-likeness (QED) is 0.778. The molecule has 96 valence electrons. The van der Waals surface area contributed by atoms with E-state index in [9.17, 15) is 0 Å². The molecule has 1 aromatic carbocycles. The van der Waals surface area contributed by atoms with Crippen molar-refractivity contribution in [3.8, 4) is 0 Å². The highest BCUT2D eigenvalue weighted by atomic mass is 32.1. The second-order valence-electron chi connectivity index (χ2n) is 4.59. The fourth-order valence-electron chi connectivity index (χ4n) is 2.41. The molecule has 2 heterocycles. The van der Waals surface area contributed by atoms with Gasteiger partial charge in [0.15, 0.2) is 0 Å². The highest BCUT2D eigenvalue weighted by Crippen LogP contribution is 2.30. The van der Waals surface area contributed by atoms with Crippen LogP contribution in [0, 0.1) is 0 Å². The molecule has 0 saturated heterocycles. The first-order valence-electron chi connectivity index (χ1n) is 6.41. The summed E-state index contributed by atoms with van der Waals surface area (Å²) in [6.07, 6.45) is 4.69. The van der Waals surface area contributed by atoms with Gasteiger partial charge >= 0.3 is 0 Å². The summed E-state index contributed by atoms with van der Waals surface area (Å²) in [5.74, 6) is 0. The van der Waals surface area contributed by atoms with Gasteiger partial charge in [0.05, 0.1) is 0 Å². The number of nitrogens with one attached hydrogen (secondary N) is 1. The van der Waals surface area contributed by atoms with E-state index in [-0.39, 0.29) is 0 Å². The van der Waals surface area contributed by atoms with E-state index in [1.54, 1.807) is 0 Å². The zero-order valence-electron chi connectivity index (χ0n) is 10.8. The van der Waals surface area contributed by atoms with Gasteiger partial charge in [-0.05, 0) is 53.6 Å². The molecule has 2 nitrogen and oxygen atoms in total. The van der Waals surface area contributed by atoms with Gasteiger partial charge in [0.2, 0.25) is 0 Å². The molecule has 0 bridgehead atoms. The molecule has 19 heavy (non-hydrogen) atoms. The summed E-state index contributed by atoms with van der Waals surface area (Å²) in [7, 11) is 2.03. The Hall–Kier alpha value is -1.71. The smallest absolute Gasteiger partial charge is 0.0390 e. The average molecular weight is 268 g/mol. The van der Waals surface area contributed by atoms with Crippen LogP contribution in [0.15, 0.2) is 54.2 Å². The largest absolute Gasteiger partial charge is 0.313 e. The Kier molecular flexibility index (Phi) is 3.58. The van der Waals surface area contributed by atoms with Crippen LogP contribution in [0.1, 0.15) is 17.2 Å². The maximum Gasteiger partial charge on any atom is 0.0390 e. The van der Waals surface area contributed by atoms with Crippen LogP contribution in [-0.4, -0.2) is 12.0 Å². The maximum absolute atomic E-state index is 4.07. The third kappa shape index (κ3) is 2.53. The van der Waals surface area contributed by atoms with Gasteiger partial charge in [-0.25, -0.2) is 0 Å². The molecule has 1 atom stereocenters. The van der Waals surface area contributed by atoms with E-state index in [0.29, 0.717) is 6.04 Å². The number of fused-ring (bicyclic) bond motifs is 1. The van der Waals surface area contributed by atoms with E-state index >= 15 is 0 Å². The van der Waals surface area contributed by atoms with Crippen LogP contribution in [0.3, 0.4) is 0 Å². The van der Waals surface area contributed by atoms with Crippen molar-refractivity contribution in [2.75, 3.05) is 7.05 Å². The molecule has 0 radical (unpaired) electrons. The molecule has 0 saturated carbocycles. The van der Waals surface area contributed by atoms with Crippen molar-refractivity contribution in [2.45, 2.75) is 12.5 Å². The molecular formula is C16H16N2S. The van der Waals surface area contributed by atoms with Gasteiger partial charge in [0, 0.05) is 23.1 Å². The molecule has 0 aliphatic carbocycles. The second-order valence-corrected chi connectivity index (χ2v) is 5.50. The monoisotopic (exact) mass is 268 g/mol. The van der Waals surface area contributed by atoms with Crippen molar-refractivity contribution in [3.63, 3.8) is 0 Å². The Morgan fingerprint density at radius 2 is 2.00 bits per heavy atom. The van der Waals surface area contributed by atoms with Crippen LogP contribution in [0.5, 0.6) is 0 Å². The zero-order valence-corrected chi connectivity index (χ0v) is 11.7. The fourth-order valence-corrected chi connectivity index (χ4v) is 3.38. The van der Waals surface area contributed by atoms with Crippen LogP contribution in [0.4, 0.5) is 0 Å². The molecule has 0 spiro atoms. The molecule has 3 rings (SSSR count). The fraction of sp³-hybridized carbons (Fsp3) is 0.188. The average Bonchev–Trinajstić information content (AvgIpc) is 2.94.